The summed E-state index contributed by atoms with van der Waals surface area (Å²) in [5.41, 5.74) is -0.754. The summed E-state index contributed by atoms with van der Waals surface area (Å²) in [7, 11) is 0. The van der Waals surface area contributed by atoms with Crippen LogP contribution in [-0.4, -0.2) is 28.7 Å². The summed E-state index contributed by atoms with van der Waals surface area (Å²) in [6, 6.07) is 2.95. The van der Waals surface area contributed by atoms with E-state index in [1.807, 2.05) is 6.07 Å². The number of hydrogen-bond donors (Lipinski definition) is 0. The Labute approximate surface area is 131 Å². The number of alkyl halides is 3. The molecule has 1 saturated heterocycles. The molecular formula is C15H16F3N3O2. The van der Waals surface area contributed by atoms with Crippen LogP contribution in [0.15, 0.2) is 18.5 Å². The molecule has 0 N–H and O–H groups in total. The van der Waals surface area contributed by atoms with Crippen LogP contribution >= 0.6 is 0 Å². The Balaban J connectivity index is 2.24. The van der Waals surface area contributed by atoms with Crippen molar-refractivity contribution in [3.05, 3.63) is 29.6 Å². The molecule has 1 aromatic rings. The Hall–Kier alpha value is -2.14. The molecule has 5 nitrogen and oxygen atoms in total. The number of carbonyl (C=O) groups excluding carboxylic acids is 1. The minimum absolute atomic E-state index is 0.218. The number of nitrogens with zero attached hydrogens (tertiary/aromatic N) is 3. The first kappa shape index (κ1) is 17.2. The van der Waals surface area contributed by atoms with Crippen molar-refractivity contribution in [3.8, 4) is 6.07 Å². The van der Waals surface area contributed by atoms with Gasteiger partial charge in [0.1, 0.15) is 6.07 Å². The van der Waals surface area contributed by atoms with Crippen LogP contribution in [0.2, 0.25) is 0 Å². The van der Waals surface area contributed by atoms with Gasteiger partial charge in [-0.25, -0.2) is 5.06 Å². The van der Waals surface area contributed by atoms with E-state index in [0.29, 0.717) is 17.5 Å². The Bertz CT molecular complexity index is 638. The second kappa shape index (κ2) is 6.16. The van der Waals surface area contributed by atoms with E-state index in [0.717, 1.165) is 5.06 Å². The number of halogens is 3. The molecule has 1 fully saturated rings. The van der Waals surface area contributed by atoms with E-state index in [1.54, 1.807) is 6.07 Å². The van der Waals surface area contributed by atoms with Crippen molar-refractivity contribution < 1.29 is 22.8 Å². The average Bonchev–Trinajstić information content (AvgIpc) is 2.93. The normalized spacial score (nSPS) is 18.8. The van der Waals surface area contributed by atoms with Gasteiger partial charge in [0.15, 0.2) is 0 Å². The summed E-state index contributed by atoms with van der Waals surface area (Å²) in [5, 5.41) is 9.90. The molecule has 0 aromatic carbocycles. The lowest BCUT2D eigenvalue weighted by molar-refractivity contribution is -0.200. The maximum absolute atomic E-state index is 12.7. The van der Waals surface area contributed by atoms with Crippen molar-refractivity contribution in [2.75, 3.05) is 6.61 Å². The lowest BCUT2D eigenvalue weighted by Gasteiger charge is -2.32. The first-order valence-corrected chi connectivity index (χ1v) is 7.02. The minimum atomic E-state index is -4.45. The number of amides is 1. The summed E-state index contributed by atoms with van der Waals surface area (Å²) in [6.45, 7) is 2.70. The van der Waals surface area contributed by atoms with Crippen LogP contribution in [-0.2, 0) is 9.63 Å². The molecule has 0 saturated carbocycles. The molecule has 8 heteroatoms. The molecule has 1 amide bonds. The van der Waals surface area contributed by atoms with E-state index in [4.69, 9.17) is 10.1 Å². The van der Waals surface area contributed by atoms with Crippen molar-refractivity contribution in [1.29, 1.82) is 5.26 Å². The first-order valence-electron chi connectivity index (χ1n) is 7.02. The SMILES string of the molecule is CC(C)(CC(F)(F)F)C(=O)N1OCC[C@H]1c1cncc(C#N)c1. The van der Waals surface area contributed by atoms with Gasteiger partial charge in [-0.2, -0.15) is 18.4 Å². The van der Waals surface area contributed by atoms with Gasteiger partial charge in [-0.05, 0) is 11.6 Å². The monoisotopic (exact) mass is 327 g/mol. The van der Waals surface area contributed by atoms with Crippen molar-refractivity contribution >= 4 is 5.91 Å². The summed E-state index contributed by atoms with van der Waals surface area (Å²) in [6.07, 6.45) is -2.39. The molecule has 1 aromatic heterocycles. The molecule has 2 heterocycles. The van der Waals surface area contributed by atoms with Gasteiger partial charge in [0.2, 0.25) is 0 Å². The number of carbonyl (C=O) groups is 1. The van der Waals surface area contributed by atoms with Crippen LogP contribution in [0.3, 0.4) is 0 Å². The smallest absolute Gasteiger partial charge is 0.272 e. The highest BCUT2D eigenvalue weighted by Crippen LogP contribution is 2.39. The second-order valence-electron chi connectivity index (χ2n) is 6.06. The van der Waals surface area contributed by atoms with Crippen molar-refractivity contribution in [2.24, 2.45) is 5.41 Å². The molecule has 2 rings (SSSR count). The highest BCUT2D eigenvalue weighted by molar-refractivity contribution is 5.81. The van der Waals surface area contributed by atoms with Crippen molar-refractivity contribution in [3.63, 3.8) is 0 Å². The quantitative estimate of drug-likeness (QED) is 0.855. The predicted octanol–water partition coefficient (Wildman–Crippen LogP) is 3.14. The zero-order chi connectivity index (χ0) is 17.3. The predicted molar refractivity (Wildman–Crippen MR) is 73.6 cm³/mol. The largest absolute Gasteiger partial charge is 0.390 e. The van der Waals surface area contributed by atoms with Gasteiger partial charge in [0, 0.05) is 18.8 Å². The van der Waals surface area contributed by atoms with Crippen LogP contribution < -0.4 is 0 Å². The maximum Gasteiger partial charge on any atom is 0.390 e. The van der Waals surface area contributed by atoms with Crippen LogP contribution in [0.5, 0.6) is 0 Å². The second-order valence-corrected chi connectivity index (χ2v) is 6.06. The molecular weight excluding hydrogens is 311 g/mol. The van der Waals surface area contributed by atoms with Crippen molar-refractivity contribution in [2.45, 2.75) is 38.9 Å². The molecule has 0 radical (unpaired) electrons. The zero-order valence-corrected chi connectivity index (χ0v) is 12.7. The molecule has 1 atom stereocenters. The minimum Gasteiger partial charge on any atom is -0.272 e. The van der Waals surface area contributed by atoms with Gasteiger partial charge in [-0.1, -0.05) is 13.8 Å². The molecule has 124 valence electrons. The van der Waals surface area contributed by atoms with Crippen LogP contribution in [0, 0.1) is 16.7 Å². The van der Waals surface area contributed by atoms with E-state index in [9.17, 15) is 18.0 Å². The highest BCUT2D eigenvalue weighted by Gasteiger charge is 2.46. The third kappa shape index (κ3) is 3.99. The van der Waals surface area contributed by atoms with E-state index in [-0.39, 0.29) is 6.61 Å². The fourth-order valence-electron chi connectivity index (χ4n) is 2.55. The fourth-order valence-corrected chi connectivity index (χ4v) is 2.55. The van der Waals surface area contributed by atoms with E-state index in [2.05, 4.69) is 4.98 Å². The Morgan fingerprint density at radius 2 is 2.17 bits per heavy atom. The van der Waals surface area contributed by atoms with Crippen LogP contribution in [0.1, 0.15) is 43.9 Å². The maximum atomic E-state index is 12.7. The number of aromatic nitrogens is 1. The molecule has 0 unspecified atom stereocenters. The zero-order valence-electron chi connectivity index (χ0n) is 12.7. The molecule has 0 aliphatic carbocycles. The van der Waals surface area contributed by atoms with Crippen LogP contribution in [0.25, 0.3) is 0 Å². The molecule has 0 spiro atoms. The number of hydrogen-bond acceptors (Lipinski definition) is 4. The topological polar surface area (TPSA) is 66.2 Å². The highest BCUT2D eigenvalue weighted by atomic mass is 19.4. The van der Waals surface area contributed by atoms with E-state index < -0.39 is 30.0 Å². The lowest BCUT2D eigenvalue weighted by atomic mass is 9.87. The number of nitriles is 1. The molecule has 1 aliphatic rings. The Kier molecular flexibility index (Phi) is 4.61. The van der Waals surface area contributed by atoms with Gasteiger partial charge in [-0.15, -0.1) is 0 Å². The lowest BCUT2D eigenvalue weighted by Crippen LogP contribution is -2.42. The van der Waals surface area contributed by atoms with Gasteiger partial charge < -0.3 is 0 Å². The molecule has 23 heavy (non-hydrogen) atoms. The average molecular weight is 327 g/mol. The third-order valence-electron chi connectivity index (χ3n) is 3.60. The van der Waals surface area contributed by atoms with Crippen molar-refractivity contribution in [1.82, 2.24) is 10.0 Å². The first-order chi connectivity index (χ1) is 10.6. The van der Waals surface area contributed by atoms with Gasteiger partial charge in [-0.3, -0.25) is 14.6 Å². The van der Waals surface area contributed by atoms with E-state index in [1.165, 1.54) is 26.2 Å². The molecule has 1 aliphatic heterocycles. The van der Waals surface area contributed by atoms with E-state index >= 15 is 0 Å². The summed E-state index contributed by atoms with van der Waals surface area (Å²) in [5.74, 6) is -0.736. The third-order valence-corrected chi connectivity index (χ3v) is 3.60. The Morgan fingerprint density at radius 3 is 2.78 bits per heavy atom. The standard InChI is InChI=1S/C15H16F3N3O2/c1-14(2,9-15(16,17)18)13(22)21-12(3-4-23-21)11-5-10(6-19)7-20-8-11/h5,7-8,12H,3-4,9H2,1-2H3/t12-/m0/s1. The number of pyridine rings is 1. The number of hydroxylamine groups is 2. The summed E-state index contributed by atoms with van der Waals surface area (Å²) < 4.78 is 38.0. The summed E-state index contributed by atoms with van der Waals surface area (Å²) in [4.78, 5) is 21.7. The van der Waals surface area contributed by atoms with Crippen LogP contribution in [0.4, 0.5) is 13.2 Å². The van der Waals surface area contributed by atoms with Gasteiger partial charge >= 0.3 is 6.18 Å². The van der Waals surface area contributed by atoms with Gasteiger partial charge in [0.25, 0.3) is 5.91 Å². The number of rotatable bonds is 3. The summed E-state index contributed by atoms with van der Waals surface area (Å²) >= 11 is 0. The molecule has 0 bridgehead atoms. The Morgan fingerprint density at radius 1 is 1.48 bits per heavy atom. The fraction of sp³-hybridized carbons (Fsp3) is 0.533. The van der Waals surface area contributed by atoms with Gasteiger partial charge in [0.05, 0.1) is 30.0 Å².